The number of nitriles is 1. The summed E-state index contributed by atoms with van der Waals surface area (Å²) >= 11 is 0. The predicted octanol–water partition coefficient (Wildman–Crippen LogP) is 2.98. The summed E-state index contributed by atoms with van der Waals surface area (Å²) in [5.41, 5.74) is -1.17. The van der Waals surface area contributed by atoms with Gasteiger partial charge in [-0.1, -0.05) is 6.07 Å². The lowest BCUT2D eigenvalue weighted by atomic mass is 10.1. The molecule has 0 N–H and O–H groups in total. The maximum atomic E-state index is 13.2. The van der Waals surface area contributed by atoms with Crippen LogP contribution >= 0.6 is 0 Å². The van der Waals surface area contributed by atoms with Gasteiger partial charge in [0.2, 0.25) is 0 Å². The van der Waals surface area contributed by atoms with E-state index in [1.165, 1.54) is 30.9 Å². The molecule has 0 aliphatic carbocycles. The monoisotopic (exact) mass is 452 g/mol. The van der Waals surface area contributed by atoms with Gasteiger partial charge in [-0.15, -0.1) is 0 Å². The number of halogens is 3. The van der Waals surface area contributed by atoms with Crippen molar-refractivity contribution in [2.45, 2.75) is 13.1 Å². The number of rotatable bonds is 3. The highest BCUT2D eigenvalue weighted by Gasteiger charge is 2.33. The van der Waals surface area contributed by atoms with Gasteiger partial charge in [-0.2, -0.15) is 23.5 Å². The van der Waals surface area contributed by atoms with Crippen LogP contribution in [0.15, 0.2) is 64.3 Å². The summed E-state index contributed by atoms with van der Waals surface area (Å²) in [6, 6.07) is 13.2. The summed E-state index contributed by atoms with van der Waals surface area (Å²) in [5.74, 6) is -0.270. The minimum absolute atomic E-state index is 0.0678. The van der Waals surface area contributed by atoms with Crippen molar-refractivity contribution >= 4 is 0 Å². The second-order valence-electron chi connectivity index (χ2n) is 7.11. The number of pyridine rings is 1. The molecule has 0 saturated carbocycles. The highest BCUT2D eigenvalue weighted by Crippen LogP contribution is 2.28. The fraction of sp³-hybridized carbons (Fsp3) is 0.136. The van der Waals surface area contributed by atoms with Gasteiger partial charge in [0.25, 0.3) is 5.56 Å². The quantitative estimate of drug-likeness (QED) is 0.476. The minimum Gasteiger partial charge on any atom is -0.268 e. The Hall–Kier alpha value is -4.46. The molecule has 0 bridgehead atoms. The average molecular weight is 452 g/mol. The van der Waals surface area contributed by atoms with E-state index in [1.54, 1.807) is 30.3 Å². The summed E-state index contributed by atoms with van der Waals surface area (Å²) in [6.07, 6.45) is -3.25. The van der Waals surface area contributed by atoms with Crippen LogP contribution in [0.4, 0.5) is 13.2 Å². The van der Waals surface area contributed by atoms with Crippen LogP contribution in [0.25, 0.3) is 22.8 Å². The molecule has 0 radical (unpaired) electrons. The molecule has 0 fully saturated rings. The summed E-state index contributed by atoms with van der Waals surface area (Å²) in [6.45, 7) is 1.45. The third kappa shape index (κ3) is 3.71. The van der Waals surface area contributed by atoms with Crippen molar-refractivity contribution in [3.05, 3.63) is 92.5 Å². The molecule has 166 valence electrons. The molecule has 1 aromatic carbocycles. The van der Waals surface area contributed by atoms with E-state index < -0.39 is 23.1 Å². The summed E-state index contributed by atoms with van der Waals surface area (Å²) in [5, 5.41) is 13.2. The summed E-state index contributed by atoms with van der Waals surface area (Å²) < 4.78 is 42.8. The largest absolute Gasteiger partial charge is 0.433 e. The number of hydrogen-bond acceptors (Lipinski definition) is 5. The van der Waals surface area contributed by atoms with E-state index in [-0.39, 0.29) is 17.1 Å². The van der Waals surface area contributed by atoms with E-state index in [2.05, 4.69) is 10.1 Å². The molecule has 8 nitrogen and oxygen atoms in total. The minimum atomic E-state index is -4.70. The number of alkyl halides is 3. The molecule has 0 aliphatic heterocycles. The molecule has 0 aliphatic rings. The number of hydrogen-bond donors (Lipinski definition) is 0. The molecule has 0 spiro atoms. The predicted molar refractivity (Wildman–Crippen MR) is 112 cm³/mol. The molecule has 4 aromatic rings. The molecular formula is C22H15F3N6O2. The Morgan fingerprint density at radius 3 is 2.36 bits per heavy atom. The van der Waals surface area contributed by atoms with Crippen LogP contribution < -0.4 is 11.2 Å². The first-order valence-corrected chi connectivity index (χ1v) is 9.55. The zero-order valence-electron chi connectivity index (χ0n) is 17.3. The van der Waals surface area contributed by atoms with Crippen LogP contribution in [0.2, 0.25) is 0 Å². The molecule has 3 heterocycles. The lowest BCUT2D eigenvalue weighted by Gasteiger charge is -2.17. The molecule has 3 aromatic heterocycles. The number of aromatic nitrogens is 5. The molecule has 0 amide bonds. The van der Waals surface area contributed by atoms with Gasteiger partial charge in [0.15, 0.2) is 0 Å². The van der Waals surface area contributed by atoms with E-state index in [0.717, 1.165) is 21.3 Å². The van der Waals surface area contributed by atoms with Crippen molar-refractivity contribution in [1.82, 2.24) is 23.9 Å². The third-order valence-corrected chi connectivity index (χ3v) is 5.09. The van der Waals surface area contributed by atoms with Crippen LogP contribution in [0.5, 0.6) is 0 Å². The van der Waals surface area contributed by atoms with E-state index >= 15 is 0 Å². The highest BCUT2D eigenvalue weighted by atomic mass is 19.4. The van der Waals surface area contributed by atoms with Gasteiger partial charge in [0.05, 0.1) is 34.8 Å². The van der Waals surface area contributed by atoms with Crippen LogP contribution in [-0.4, -0.2) is 23.9 Å². The average Bonchev–Trinajstić information content (AvgIpc) is 3.27. The van der Waals surface area contributed by atoms with Gasteiger partial charge in [-0.3, -0.25) is 9.36 Å². The Balaban J connectivity index is 1.98. The van der Waals surface area contributed by atoms with Crippen LogP contribution in [0.1, 0.15) is 17.0 Å². The van der Waals surface area contributed by atoms with E-state index in [9.17, 15) is 22.8 Å². The first-order valence-electron chi connectivity index (χ1n) is 9.55. The SMILES string of the molecule is Cc1c(-c2ccnn2-c2ccc(C#N)cc2)c(=O)n(C)c(=O)n1-c1cccc(C(F)(F)F)n1. The molecule has 0 unspecified atom stereocenters. The van der Waals surface area contributed by atoms with Crippen molar-refractivity contribution in [2.75, 3.05) is 0 Å². The van der Waals surface area contributed by atoms with Crippen molar-refractivity contribution in [3.8, 4) is 28.8 Å². The summed E-state index contributed by atoms with van der Waals surface area (Å²) in [4.78, 5) is 29.5. The van der Waals surface area contributed by atoms with Gasteiger partial charge < -0.3 is 0 Å². The highest BCUT2D eigenvalue weighted by molar-refractivity contribution is 5.64. The van der Waals surface area contributed by atoms with E-state index in [0.29, 0.717) is 16.9 Å². The number of nitrogens with zero attached hydrogens (tertiary/aromatic N) is 6. The van der Waals surface area contributed by atoms with Crippen LogP contribution in [0, 0.1) is 18.3 Å². The fourth-order valence-electron chi connectivity index (χ4n) is 3.46. The molecular weight excluding hydrogens is 437 g/mol. The maximum Gasteiger partial charge on any atom is 0.433 e. The lowest BCUT2D eigenvalue weighted by molar-refractivity contribution is -0.141. The Kier molecular flexibility index (Phi) is 5.21. The molecule has 33 heavy (non-hydrogen) atoms. The topological polar surface area (TPSA) is 98.5 Å². The molecule has 0 saturated heterocycles. The van der Waals surface area contributed by atoms with Crippen LogP contribution in [-0.2, 0) is 13.2 Å². The second-order valence-corrected chi connectivity index (χ2v) is 7.11. The van der Waals surface area contributed by atoms with E-state index in [1.807, 2.05) is 6.07 Å². The van der Waals surface area contributed by atoms with Gasteiger partial charge in [-0.05, 0) is 49.4 Å². The van der Waals surface area contributed by atoms with Gasteiger partial charge in [-0.25, -0.2) is 19.0 Å². The van der Waals surface area contributed by atoms with Gasteiger partial charge in [0, 0.05) is 12.7 Å². The Morgan fingerprint density at radius 2 is 1.73 bits per heavy atom. The molecule has 11 heteroatoms. The zero-order chi connectivity index (χ0) is 23.9. The maximum absolute atomic E-state index is 13.2. The number of benzene rings is 1. The first-order chi connectivity index (χ1) is 15.6. The standard InChI is InChI=1S/C22H15F3N6O2/c1-13-19(16-10-11-27-31(16)15-8-6-14(12-26)7-9-15)20(32)29(2)21(33)30(13)18-5-3-4-17(28-18)22(23,24)25/h3-11H,1-2H3. The Labute approximate surface area is 184 Å². The Bertz CT molecular complexity index is 1520. The van der Waals surface area contributed by atoms with Gasteiger partial charge >= 0.3 is 11.9 Å². The smallest absolute Gasteiger partial charge is 0.268 e. The van der Waals surface area contributed by atoms with Crippen molar-refractivity contribution < 1.29 is 13.2 Å². The fourth-order valence-corrected chi connectivity index (χ4v) is 3.46. The van der Waals surface area contributed by atoms with Crippen molar-refractivity contribution in [1.29, 1.82) is 5.26 Å². The third-order valence-electron chi connectivity index (χ3n) is 5.09. The van der Waals surface area contributed by atoms with Crippen molar-refractivity contribution in [3.63, 3.8) is 0 Å². The van der Waals surface area contributed by atoms with E-state index in [4.69, 9.17) is 5.26 Å². The normalized spacial score (nSPS) is 11.4. The Morgan fingerprint density at radius 1 is 1.03 bits per heavy atom. The first kappa shape index (κ1) is 21.8. The lowest BCUT2D eigenvalue weighted by Crippen LogP contribution is -2.40. The van der Waals surface area contributed by atoms with Crippen LogP contribution in [0.3, 0.4) is 0 Å². The second kappa shape index (κ2) is 7.90. The summed E-state index contributed by atoms with van der Waals surface area (Å²) in [7, 11) is 1.24. The molecule has 4 rings (SSSR count). The van der Waals surface area contributed by atoms with Gasteiger partial charge in [0.1, 0.15) is 11.5 Å². The zero-order valence-corrected chi connectivity index (χ0v) is 17.3. The van der Waals surface area contributed by atoms with Crippen molar-refractivity contribution in [2.24, 2.45) is 7.05 Å². The molecule has 0 atom stereocenters.